The number of aromatic nitrogens is 3. The Kier molecular flexibility index (Phi) is 6.30. The normalized spacial score (nSPS) is 14.3. The largest absolute Gasteiger partial charge is 0.367 e. The van der Waals surface area contributed by atoms with Gasteiger partial charge < -0.3 is 10.2 Å². The standard InChI is InChI=1S/C23H33N5S/c1-5-28(6-2)12-11-24-22-21-20(25-14-26-22)19-17-10-8-7-9-16(17)18(13-15(3)4)27-23(19)29-21/h14-15H,5-13H2,1-4H3,(H,24,25,26). The van der Waals surface area contributed by atoms with E-state index in [1.165, 1.54) is 35.0 Å². The van der Waals surface area contributed by atoms with Crippen molar-refractivity contribution in [3.8, 4) is 0 Å². The average Bonchev–Trinajstić information content (AvgIpc) is 3.10. The molecule has 156 valence electrons. The monoisotopic (exact) mass is 411 g/mol. The Morgan fingerprint density at radius 2 is 1.86 bits per heavy atom. The van der Waals surface area contributed by atoms with Crippen LogP contribution in [-0.4, -0.2) is 46.0 Å². The zero-order chi connectivity index (χ0) is 20.4. The molecule has 0 aromatic carbocycles. The smallest absolute Gasteiger partial charge is 0.147 e. The van der Waals surface area contributed by atoms with Gasteiger partial charge in [0.1, 0.15) is 17.0 Å². The first-order valence-corrected chi connectivity index (χ1v) is 12.0. The van der Waals surface area contributed by atoms with Gasteiger partial charge >= 0.3 is 0 Å². The van der Waals surface area contributed by atoms with Gasteiger partial charge in [-0.15, -0.1) is 11.3 Å². The molecule has 0 aliphatic heterocycles. The number of anilines is 1. The van der Waals surface area contributed by atoms with Crippen molar-refractivity contribution in [3.63, 3.8) is 0 Å². The van der Waals surface area contributed by atoms with E-state index in [4.69, 9.17) is 9.97 Å². The highest BCUT2D eigenvalue weighted by Crippen LogP contribution is 2.40. The lowest BCUT2D eigenvalue weighted by Crippen LogP contribution is -2.28. The predicted octanol–water partition coefficient (Wildman–Crippen LogP) is 5.07. The van der Waals surface area contributed by atoms with Gasteiger partial charge in [-0.3, -0.25) is 0 Å². The second kappa shape index (κ2) is 8.92. The molecule has 1 aliphatic rings. The quantitative estimate of drug-likeness (QED) is 0.561. The first-order valence-electron chi connectivity index (χ1n) is 11.2. The summed E-state index contributed by atoms with van der Waals surface area (Å²) in [6, 6.07) is 0. The third kappa shape index (κ3) is 4.10. The summed E-state index contributed by atoms with van der Waals surface area (Å²) in [4.78, 5) is 18.0. The Balaban J connectivity index is 1.76. The summed E-state index contributed by atoms with van der Waals surface area (Å²) in [6.45, 7) is 13.1. The van der Waals surface area contributed by atoms with E-state index < -0.39 is 0 Å². The molecular formula is C23H33N5S. The number of nitrogens with one attached hydrogen (secondary N) is 1. The number of hydrogen-bond donors (Lipinski definition) is 1. The number of aryl methyl sites for hydroxylation is 1. The Morgan fingerprint density at radius 3 is 2.59 bits per heavy atom. The first-order chi connectivity index (χ1) is 14.1. The van der Waals surface area contributed by atoms with Gasteiger partial charge in [0.2, 0.25) is 0 Å². The topological polar surface area (TPSA) is 53.9 Å². The van der Waals surface area contributed by atoms with Crippen LogP contribution in [-0.2, 0) is 19.3 Å². The van der Waals surface area contributed by atoms with Gasteiger partial charge in [0.15, 0.2) is 0 Å². The average molecular weight is 412 g/mol. The summed E-state index contributed by atoms with van der Waals surface area (Å²) in [5.74, 6) is 1.58. The van der Waals surface area contributed by atoms with Crippen molar-refractivity contribution in [2.24, 2.45) is 5.92 Å². The molecule has 3 aromatic rings. The van der Waals surface area contributed by atoms with Crippen LogP contribution in [0.5, 0.6) is 0 Å². The molecule has 3 heterocycles. The number of rotatable bonds is 8. The highest BCUT2D eigenvalue weighted by molar-refractivity contribution is 7.26. The van der Waals surface area contributed by atoms with Crippen LogP contribution in [0, 0.1) is 5.92 Å². The molecule has 0 spiro atoms. The third-order valence-corrected chi connectivity index (χ3v) is 7.10. The Bertz CT molecular complexity index is 990. The molecule has 29 heavy (non-hydrogen) atoms. The maximum absolute atomic E-state index is 5.16. The number of likely N-dealkylation sites (N-methyl/N-ethyl adjacent to an activating group) is 1. The van der Waals surface area contributed by atoms with Crippen LogP contribution in [0.15, 0.2) is 6.33 Å². The van der Waals surface area contributed by atoms with Gasteiger partial charge in [0.05, 0.1) is 10.2 Å². The maximum atomic E-state index is 5.16. The number of nitrogens with zero attached hydrogens (tertiary/aromatic N) is 4. The molecule has 4 rings (SSSR count). The number of hydrogen-bond acceptors (Lipinski definition) is 6. The van der Waals surface area contributed by atoms with Gasteiger partial charge in [0, 0.05) is 24.2 Å². The van der Waals surface area contributed by atoms with Crippen LogP contribution in [0.2, 0.25) is 0 Å². The molecule has 6 heteroatoms. The summed E-state index contributed by atoms with van der Waals surface area (Å²) in [5.41, 5.74) is 5.42. The highest BCUT2D eigenvalue weighted by Gasteiger charge is 2.23. The molecule has 0 atom stereocenters. The van der Waals surface area contributed by atoms with E-state index in [2.05, 4.69) is 42.9 Å². The lowest BCUT2D eigenvalue weighted by atomic mass is 9.87. The van der Waals surface area contributed by atoms with Gasteiger partial charge in [-0.25, -0.2) is 15.0 Å². The summed E-state index contributed by atoms with van der Waals surface area (Å²) in [7, 11) is 0. The van der Waals surface area contributed by atoms with Crippen molar-refractivity contribution in [1.29, 1.82) is 0 Å². The second-order valence-corrected chi connectivity index (χ2v) is 9.46. The fraction of sp³-hybridized carbons (Fsp3) is 0.609. The van der Waals surface area contributed by atoms with Crippen molar-refractivity contribution in [1.82, 2.24) is 19.9 Å². The van der Waals surface area contributed by atoms with Crippen molar-refractivity contribution in [2.75, 3.05) is 31.5 Å². The van der Waals surface area contributed by atoms with E-state index >= 15 is 0 Å². The lowest BCUT2D eigenvalue weighted by Gasteiger charge is -2.20. The molecule has 0 bridgehead atoms. The van der Waals surface area contributed by atoms with Crippen molar-refractivity contribution < 1.29 is 0 Å². The molecule has 0 radical (unpaired) electrons. The van der Waals surface area contributed by atoms with Crippen LogP contribution in [0.25, 0.3) is 20.4 Å². The minimum absolute atomic E-state index is 0.623. The molecule has 1 N–H and O–H groups in total. The molecule has 0 unspecified atom stereocenters. The molecule has 0 amide bonds. The van der Waals surface area contributed by atoms with Gasteiger partial charge in [0.25, 0.3) is 0 Å². The SMILES string of the molecule is CCN(CC)CCNc1ncnc2c1sc1nc(CC(C)C)c3c(c12)CCCC3. The summed E-state index contributed by atoms with van der Waals surface area (Å²) < 4.78 is 1.16. The van der Waals surface area contributed by atoms with Crippen LogP contribution in [0.3, 0.4) is 0 Å². The molecule has 0 fully saturated rings. The Labute approximate surface area is 178 Å². The van der Waals surface area contributed by atoms with E-state index in [0.29, 0.717) is 5.92 Å². The fourth-order valence-corrected chi connectivity index (χ4v) is 5.64. The molecule has 3 aromatic heterocycles. The molecule has 0 saturated carbocycles. The Morgan fingerprint density at radius 1 is 1.10 bits per heavy atom. The van der Waals surface area contributed by atoms with Crippen LogP contribution >= 0.6 is 11.3 Å². The summed E-state index contributed by atoms with van der Waals surface area (Å²) >= 11 is 1.76. The van der Waals surface area contributed by atoms with Crippen molar-refractivity contribution >= 4 is 37.6 Å². The second-order valence-electron chi connectivity index (χ2n) is 8.46. The van der Waals surface area contributed by atoms with Gasteiger partial charge in [-0.1, -0.05) is 27.7 Å². The Hall–Kier alpha value is -1.79. The zero-order valence-electron chi connectivity index (χ0n) is 18.2. The van der Waals surface area contributed by atoms with Crippen molar-refractivity contribution in [3.05, 3.63) is 23.1 Å². The molecule has 5 nitrogen and oxygen atoms in total. The van der Waals surface area contributed by atoms with Crippen LogP contribution < -0.4 is 5.32 Å². The van der Waals surface area contributed by atoms with Crippen LogP contribution in [0.4, 0.5) is 5.82 Å². The lowest BCUT2D eigenvalue weighted by molar-refractivity contribution is 0.316. The number of pyridine rings is 1. The van der Waals surface area contributed by atoms with Gasteiger partial charge in [-0.05, 0) is 62.2 Å². The zero-order valence-corrected chi connectivity index (χ0v) is 19.0. The fourth-order valence-electron chi connectivity index (χ4n) is 4.49. The highest BCUT2D eigenvalue weighted by atomic mass is 32.1. The van der Waals surface area contributed by atoms with E-state index in [0.717, 1.165) is 66.3 Å². The first kappa shape index (κ1) is 20.5. The summed E-state index contributed by atoms with van der Waals surface area (Å²) in [6.07, 6.45) is 7.64. The number of fused-ring (bicyclic) bond motifs is 5. The minimum atomic E-state index is 0.623. The van der Waals surface area contributed by atoms with Gasteiger partial charge in [-0.2, -0.15) is 0 Å². The predicted molar refractivity (Wildman–Crippen MR) is 124 cm³/mol. The maximum Gasteiger partial charge on any atom is 0.147 e. The molecule has 1 aliphatic carbocycles. The molecule has 0 saturated heterocycles. The minimum Gasteiger partial charge on any atom is -0.367 e. The summed E-state index contributed by atoms with van der Waals surface area (Å²) in [5, 5.41) is 4.86. The van der Waals surface area contributed by atoms with E-state index in [-0.39, 0.29) is 0 Å². The van der Waals surface area contributed by atoms with Crippen LogP contribution in [0.1, 0.15) is 57.4 Å². The molecular weight excluding hydrogens is 378 g/mol. The number of thiophene rings is 1. The van der Waals surface area contributed by atoms with E-state index in [1.54, 1.807) is 17.7 Å². The van der Waals surface area contributed by atoms with E-state index in [9.17, 15) is 0 Å². The third-order valence-electron chi connectivity index (χ3n) is 6.02. The van der Waals surface area contributed by atoms with E-state index in [1.807, 2.05) is 0 Å². The van der Waals surface area contributed by atoms with Crippen molar-refractivity contribution in [2.45, 2.75) is 59.8 Å².